The van der Waals surface area contributed by atoms with Crippen molar-refractivity contribution in [1.29, 1.82) is 0 Å². The van der Waals surface area contributed by atoms with Gasteiger partial charge in [-0.1, -0.05) is 62.6 Å². The number of thiophene rings is 1. The van der Waals surface area contributed by atoms with E-state index in [1.807, 2.05) is 31.2 Å². The molecule has 0 bridgehead atoms. The number of carbonyl (C=O) groups is 4. The number of hydrogen-bond acceptors (Lipinski definition) is 5. The molecule has 1 aromatic heterocycles. The van der Waals surface area contributed by atoms with Crippen molar-refractivity contribution in [3.05, 3.63) is 87.3 Å². The summed E-state index contributed by atoms with van der Waals surface area (Å²) in [6, 6.07) is 14.8. The number of nitrogens with one attached hydrogen (secondary N) is 1. The van der Waals surface area contributed by atoms with Gasteiger partial charge in [0.25, 0.3) is 11.8 Å². The van der Waals surface area contributed by atoms with Crippen molar-refractivity contribution < 1.29 is 19.2 Å². The summed E-state index contributed by atoms with van der Waals surface area (Å²) in [6.45, 7) is 5.57. The van der Waals surface area contributed by atoms with E-state index in [-0.39, 0.29) is 5.78 Å². The van der Waals surface area contributed by atoms with Gasteiger partial charge in [0, 0.05) is 10.4 Å². The molecule has 3 amide bonds. The Morgan fingerprint density at radius 2 is 1.56 bits per heavy atom. The van der Waals surface area contributed by atoms with E-state index in [0.29, 0.717) is 27.3 Å². The molecule has 0 spiro atoms. The first-order valence-corrected chi connectivity index (χ1v) is 13.2. The van der Waals surface area contributed by atoms with Gasteiger partial charge in [-0.25, -0.2) is 0 Å². The van der Waals surface area contributed by atoms with Crippen LogP contribution in [0.1, 0.15) is 86.6 Å². The second kappa shape index (κ2) is 11.0. The van der Waals surface area contributed by atoms with E-state index in [1.165, 1.54) is 18.3 Å². The number of hydrogen-bond donors (Lipinski definition) is 1. The van der Waals surface area contributed by atoms with E-state index in [9.17, 15) is 19.2 Å². The zero-order chi connectivity index (χ0) is 25.8. The Bertz CT molecular complexity index is 1290. The summed E-state index contributed by atoms with van der Waals surface area (Å²) in [7, 11) is 0. The molecule has 1 aliphatic heterocycles. The molecule has 0 fully saturated rings. The minimum atomic E-state index is -1.03. The summed E-state index contributed by atoms with van der Waals surface area (Å²) in [5.41, 5.74) is 2.46. The number of nitrogens with zero attached hydrogens (tertiary/aromatic N) is 1. The van der Waals surface area contributed by atoms with Gasteiger partial charge in [-0.2, -0.15) is 0 Å². The van der Waals surface area contributed by atoms with Crippen LogP contribution in [0.25, 0.3) is 0 Å². The zero-order valence-electron chi connectivity index (χ0n) is 20.8. The van der Waals surface area contributed by atoms with Crippen molar-refractivity contribution in [3.8, 4) is 0 Å². The fraction of sp³-hybridized carbons (Fsp3) is 0.310. The maximum Gasteiger partial charge on any atom is 0.262 e. The highest BCUT2D eigenvalue weighted by atomic mass is 32.1. The summed E-state index contributed by atoms with van der Waals surface area (Å²) in [5.74, 6) is -1.65. The Morgan fingerprint density at radius 3 is 2.19 bits per heavy atom. The van der Waals surface area contributed by atoms with Crippen LogP contribution in [0.4, 0.5) is 5.00 Å². The third kappa shape index (κ3) is 5.02. The van der Waals surface area contributed by atoms with Crippen LogP contribution in [0, 0.1) is 6.92 Å². The van der Waals surface area contributed by atoms with E-state index in [4.69, 9.17) is 0 Å². The third-order valence-electron chi connectivity index (χ3n) is 6.52. The van der Waals surface area contributed by atoms with Crippen LogP contribution in [-0.4, -0.2) is 34.4 Å². The van der Waals surface area contributed by atoms with Crippen molar-refractivity contribution >= 4 is 39.8 Å². The number of amides is 3. The SMILES string of the molecule is CCCCCCc1cc(C(=O)c2ccccc2C)c(NC(=O)[C@H](C)N2C(=O)c3ccccc3C2=O)s1. The highest BCUT2D eigenvalue weighted by molar-refractivity contribution is 7.16. The average molecular weight is 503 g/mol. The van der Waals surface area contributed by atoms with Gasteiger partial charge >= 0.3 is 0 Å². The normalized spacial score (nSPS) is 13.6. The van der Waals surface area contributed by atoms with Crippen molar-refractivity contribution in [2.45, 2.75) is 58.9 Å². The molecule has 1 atom stereocenters. The summed E-state index contributed by atoms with van der Waals surface area (Å²) < 4.78 is 0. The van der Waals surface area contributed by atoms with Crippen LogP contribution >= 0.6 is 11.3 Å². The van der Waals surface area contributed by atoms with E-state index >= 15 is 0 Å². The van der Waals surface area contributed by atoms with Crippen LogP contribution in [0.5, 0.6) is 0 Å². The molecule has 7 heteroatoms. The molecule has 1 aliphatic rings. The fourth-order valence-electron chi connectivity index (χ4n) is 4.42. The van der Waals surface area contributed by atoms with E-state index in [2.05, 4.69) is 12.2 Å². The maximum absolute atomic E-state index is 13.5. The zero-order valence-corrected chi connectivity index (χ0v) is 21.6. The van der Waals surface area contributed by atoms with Crippen molar-refractivity contribution in [2.24, 2.45) is 0 Å². The van der Waals surface area contributed by atoms with Gasteiger partial charge in [0.05, 0.1) is 16.7 Å². The molecule has 2 heterocycles. The summed E-state index contributed by atoms with van der Waals surface area (Å²) >= 11 is 1.38. The van der Waals surface area contributed by atoms with Gasteiger partial charge < -0.3 is 5.32 Å². The topological polar surface area (TPSA) is 83.6 Å². The lowest BCUT2D eigenvalue weighted by molar-refractivity contribution is -0.119. The van der Waals surface area contributed by atoms with Crippen LogP contribution in [0.3, 0.4) is 0 Å². The molecule has 0 radical (unpaired) electrons. The summed E-state index contributed by atoms with van der Waals surface area (Å²) in [5, 5.41) is 3.31. The van der Waals surface area contributed by atoms with E-state index in [1.54, 1.807) is 30.3 Å². The average Bonchev–Trinajstić information content (AvgIpc) is 3.39. The lowest BCUT2D eigenvalue weighted by atomic mass is 10.00. The number of anilines is 1. The molecule has 0 unspecified atom stereocenters. The second-order valence-corrected chi connectivity index (χ2v) is 10.2. The number of unbranched alkanes of at least 4 members (excludes halogenated alkanes) is 3. The number of benzene rings is 2. The van der Waals surface area contributed by atoms with Crippen molar-refractivity contribution in [3.63, 3.8) is 0 Å². The first kappa shape index (κ1) is 25.5. The molecule has 0 aliphatic carbocycles. The number of carbonyl (C=O) groups excluding carboxylic acids is 4. The van der Waals surface area contributed by atoms with Crippen LogP contribution < -0.4 is 5.32 Å². The van der Waals surface area contributed by atoms with Crippen molar-refractivity contribution in [2.75, 3.05) is 5.32 Å². The molecule has 1 N–H and O–H groups in total. The van der Waals surface area contributed by atoms with Gasteiger partial charge in [-0.05, 0) is 50.5 Å². The van der Waals surface area contributed by atoms with Crippen LogP contribution in [0.15, 0.2) is 54.6 Å². The Kier molecular flexibility index (Phi) is 7.79. The summed E-state index contributed by atoms with van der Waals surface area (Å²) in [4.78, 5) is 54.5. The lowest BCUT2D eigenvalue weighted by Gasteiger charge is -2.21. The molecule has 36 heavy (non-hydrogen) atoms. The Labute approximate surface area is 215 Å². The van der Waals surface area contributed by atoms with Gasteiger partial charge in [0.15, 0.2) is 5.78 Å². The Balaban J connectivity index is 1.59. The second-order valence-electron chi connectivity index (χ2n) is 9.10. The monoisotopic (exact) mass is 502 g/mol. The van der Waals surface area contributed by atoms with Crippen molar-refractivity contribution in [1.82, 2.24) is 4.90 Å². The van der Waals surface area contributed by atoms with Gasteiger partial charge in [0.1, 0.15) is 11.0 Å². The fourth-order valence-corrected chi connectivity index (χ4v) is 5.52. The van der Waals surface area contributed by atoms with Gasteiger partial charge in [0.2, 0.25) is 5.91 Å². The first-order valence-electron chi connectivity index (χ1n) is 12.3. The molecular weight excluding hydrogens is 472 g/mol. The molecule has 186 valence electrons. The molecule has 0 saturated heterocycles. The molecule has 4 rings (SSSR count). The van der Waals surface area contributed by atoms with Crippen LogP contribution in [0.2, 0.25) is 0 Å². The number of fused-ring (bicyclic) bond motifs is 1. The number of rotatable bonds is 10. The molecule has 6 nitrogen and oxygen atoms in total. The maximum atomic E-state index is 13.5. The minimum absolute atomic E-state index is 0.159. The predicted octanol–water partition coefficient (Wildman–Crippen LogP) is 6.03. The molecule has 2 aromatic carbocycles. The third-order valence-corrected chi connectivity index (χ3v) is 7.63. The summed E-state index contributed by atoms with van der Waals surface area (Å²) in [6.07, 6.45) is 5.22. The lowest BCUT2D eigenvalue weighted by Crippen LogP contribution is -2.45. The minimum Gasteiger partial charge on any atom is -0.315 e. The predicted molar refractivity (Wildman–Crippen MR) is 142 cm³/mol. The Morgan fingerprint density at radius 1 is 0.917 bits per heavy atom. The largest absolute Gasteiger partial charge is 0.315 e. The number of imide groups is 1. The molecule has 3 aromatic rings. The smallest absolute Gasteiger partial charge is 0.262 e. The van der Waals surface area contributed by atoms with Crippen LogP contribution in [-0.2, 0) is 11.2 Å². The van der Waals surface area contributed by atoms with Gasteiger partial charge in [-0.3, -0.25) is 24.1 Å². The number of aryl methyl sites for hydroxylation is 2. The molecule has 0 saturated carbocycles. The first-order chi connectivity index (χ1) is 17.3. The quantitative estimate of drug-likeness (QED) is 0.208. The standard InChI is InChI=1S/C29H30N2O4S/c1-4-5-6-7-13-20-17-24(25(32)21-14-9-8-12-18(21)2)27(36-20)30-26(33)19(3)31-28(34)22-15-10-11-16-23(22)29(31)35/h8-12,14-17,19H,4-7,13H2,1-3H3,(H,30,33)/t19-/m0/s1. The highest BCUT2D eigenvalue weighted by Gasteiger charge is 2.40. The van der Waals surface area contributed by atoms with Gasteiger partial charge in [-0.15, -0.1) is 11.3 Å². The van der Waals surface area contributed by atoms with E-state index < -0.39 is 23.8 Å². The highest BCUT2D eigenvalue weighted by Crippen LogP contribution is 2.33. The van der Waals surface area contributed by atoms with E-state index in [0.717, 1.165) is 47.4 Å². The number of ketones is 1. The Hall–Kier alpha value is -3.58. The molecular formula is C29H30N2O4S.